The second kappa shape index (κ2) is 8.43. The van der Waals surface area contributed by atoms with Gasteiger partial charge in [-0.3, -0.25) is 9.59 Å². The second-order valence-electron chi connectivity index (χ2n) is 6.67. The number of thiazole rings is 1. The lowest BCUT2D eigenvalue weighted by Gasteiger charge is -2.29. The van der Waals surface area contributed by atoms with Gasteiger partial charge in [0.1, 0.15) is 0 Å². The van der Waals surface area contributed by atoms with Gasteiger partial charge in [-0.2, -0.15) is 0 Å². The minimum Gasteiger partial charge on any atom is -0.356 e. The monoisotopic (exact) mass is 359 g/mol. The number of hydrogen-bond acceptors (Lipinski definition) is 4. The molecule has 2 amide bonds. The maximum Gasteiger partial charge on any atom is 0.228 e. The lowest BCUT2D eigenvalue weighted by atomic mass is 9.78. The number of carbonyl (C=O) groups excluding carboxylic acids is 2. The molecule has 0 spiro atoms. The molecule has 2 atom stereocenters. The van der Waals surface area contributed by atoms with Crippen LogP contribution >= 0.6 is 11.3 Å². The van der Waals surface area contributed by atoms with E-state index in [4.69, 9.17) is 0 Å². The molecule has 6 heteroatoms. The number of aromatic nitrogens is 1. The van der Waals surface area contributed by atoms with Crippen LogP contribution in [0.3, 0.4) is 0 Å². The van der Waals surface area contributed by atoms with Crippen molar-refractivity contribution < 1.29 is 9.59 Å². The topological polar surface area (TPSA) is 71.1 Å². The third-order valence-electron chi connectivity index (χ3n) is 4.87. The summed E-state index contributed by atoms with van der Waals surface area (Å²) in [6.07, 6.45) is 5.61. The number of hydrogen-bond donors (Lipinski definition) is 2. The fraction of sp³-hybridized carbons (Fsp3) is 0.526. The van der Waals surface area contributed by atoms with Crippen molar-refractivity contribution in [3.8, 4) is 0 Å². The molecule has 2 aromatic rings. The maximum absolute atomic E-state index is 12.8. The van der Waals surface area contributed by atoms with E-state index in [2.05, 4.69) is 22.5 Å². The first-order chi connectivity index (χ1) is 12.2. The predicted molar refractivity (Wildman–Crippen MR) is 102 cm³/mol. The van der Waals surface area contributed by atoms with E-state index in [1.807, 2.05) is 18.2 Å². The summed E-state index contributed by atoms with van der Waals surface area (Å²) in [5.41, 5.74) is 3.44. The summed E-state index contributed by atoms with van der Waals surface area (Å²) in [4.78, 5) is 29.5. The van der Waals surface area contributed by atoms with Crippen LogP contribution in [0.5, 0.6) is 0 Å². The van der Waals surface area contributed by atoms with Crippen molar-refractivity contribution in [1.29, 1.82) is 0 Å². The van der Waals surface area contributed by atoms with Crippen LogP contribution in [0.15, 0.2) is 23.7 Å². The molecular weight excluding hydrogens is 334 g/mol. The molecule has 1 aromatic heterocycles. The number of nitrogens with one attached hydrogen (secondary N) is 2. The van der Waals surface area contributed by atoms with Gasteiger partial charge in [-0.15, -0.1) is 11.3 Å². The van der Waals surface area contributed by atoms with Gasteiger partial charge in [-0.25, -0.2) is 4.98 Å². The largest absolute Gasteiger partial charge is 0.356 e. The SMILES string of the molecule is CCCCNC(=O)[C@@H]1CCCC[C@@H]1C(=O)Nc1ccc2scnc2c1. The van der Waals surface area contributed by atoms with Crippen LogP contribution in [-0.2, 0) is 9.59 Å². The smallest absolute Gasteiger partial charge is 0.228 e. The zero-order chi connectivity index (χ0) is 17.6. The molecule has 1 fully saturated rings. The maximum atomic E-state index is 12.8. The highest BCUT2D eigenvalue weighted by Gasteiger charge is 2.35. The van der Waals surface area contributed by atoms with Gasteiger partial charge >= 0.3 is 0 Å². The number of carbonyl (C=O) groups is 2. The van der Waals surface area contributed by atoms with Crippen molar-refractivity contribution in [3.05, 3.63) is 23.7 Å². The molecule has 1 aliphatic rings. The molecule has 5 nitrogen and oxygen atoms in total. The van der Waals surface area contributed by atoms with Crippen molar-refractivity contribution in [2.45, 2.75) is 45.4 Å². The van der Waals surface area contributed by atoms with Gasteiger partial charge in [-0.05, 0) is 37.5 Å². The first-order valence-electron chi connectivity index (χ1n) is 9.11. The Labute approximate surface area is 152 Å². The van der Waals surface area contributed by atoms with E-state index in [0.29, 0.717) is 6.54 Å². The third kappa shape index (κ3) is 4.37. The zero-order valence-electron chi connectivity index (χ0n) is 14.6. The van der Waals surface area contributed by atoms with Gasteiger partial charge in [0.25, 0.3) is 0 Å². The molecule has 25 heavy (non-hydrogen) atoms. The van der Waals surface area contributed by atoms with Crippen LogP contribution < -0.4 is 10.6 Å². The van der Waals surface area contributed by atoms with Crippen LogP contribution in [0.1, 0.15) is 45.4 Å². The lowest BCUT2D eigenvalue weighted by molar-refractivity contribution is -0.134. The molecule has 0 unspecified atom stereocenters. The van der Waals surface area contributed by atoms with Crippen molar-refractivity contribution >= 4 is 39.1 Å². The van der Waals surface area contributed by atoms with E-state index in [1.165, 1.54) is 0 Å². The van der Waals surface area contributed by atoms with Gasteiger partial charge in [0.05, 0.1) is 15.7 Å². The summed E-state index contributed by atoms with van der Waals surface area (Å²) in [5.74, 6) is -0.483. The highest BCUT2D eigenvalue weighted by Crippen LogP contribution is 2.31. The Balaban J connectivity index is 1.66. The number of anilines is 1. The Morgan fingerprint density at radius 1 is 1.20 bits per heavy atom. The number of amides is 2. The van der Waals surface area contributed by atoms with Gasteiger partial charge in [-0.1, -0.05) is 26.2 Å². The summed E-state index contributed by atoms with van der Waals surface area (Å²) in [6, 6.07) is 5.76. The molecule has 2 N–H and O–H groups in total. The first kappa shape index (κ1) is 17.9. The zero-order valence-corrected chi connectivity index (χ0v) is 15.4. The standard InChI is InChI=1S/C19H25N3O2S/c1-2-3-10-20-18(23)14-6-4-5-7-15(14)19(24)22-13-8-9-17-16(11-13)21-12-25-17/h8-9,11-12,14-15H,2-7,10H2,1H3,(H,20,23)(H,22,24)/t14-,15+/m1/s1. The van der Waals surface area contributed by atoms with Gasteiger partial charge in [0.2, 0.25) is 11.8 Å². The van der Waals surface area contributed by atoms with E-state index < -0.39 is 0 Å². The molecule has 3 rings (SSSR count). The van der Waals surface area contributed by atoms with E-state index in [-0.39, 0.29) is 23.7 Å². The Morgan fingerprint density at radius 3 is 2.72 bits per heavy atom. The summed E-state index contributed by atoms with van der Waals surface area (Å²) < 4.78 is 1.10. The van der Waals surface area contributed by atoms with Crippen LogP contribution in [0.4, 0.5) is 5.69 Å². The fourth-order valence-corrected chi connectivity index (χ4v) is 4.11. The summed E-state index contributed by atoms with van der Waals surface area (Å²) in [6.45, 7) is 2.79. The highest BCUT2D eigenvalue weighted by atomic mass is 32.1. The quantitative estimate of drug-likeness (QED) is 0.767. The average molecular weight is 359 g/mol. The van der Waals surface area contributed by atoms with E-state index >= 15 is 0 Å². The Kier molecular flexibility index (Phi) is 6.02. The minimum atomic E-state index is -0.249. The van der Waals surface area contributed by atoms with Crippen molar-refractivity contribution in [2.75, 3.05) is 11.9 Å². The first-order valence-corrected chi connectivity index (χ1v) is 9.99. The summed E-state index contributed by atoms with van der Waals surface area (Å²) in [7, 11) is 0. The lowest BCUT2D eigenvalue weighted by Crippen LogP contribution is -2.41. The van der Waals surface area contributed by atoms with Gasteiger partial charge in [0, 0.05) is 24.1 Å². The highest BCUT2D eigenvalue weighted by molar-refractivity contribution is 7.16. The summed E-state index contributed by atoms with van der Waals surface area (Å²) >= 11 is 1.58. The van der Waals surface area contributed by atoms with E-state index in [1.54, 1.807) is 16.8 Å². The molecule has 134 valence electrons. The Morgan fingerprint density at radius 2 is 1.96 bits per heavy atom. The molecule has 1 aromatic carbocycles. The molecule has 0 bridgehead atoms. The normalized spacial score (nSPS) is 20.4. The van der Waals surface area contributed by atoms with Crippen LogP contribution in [-0.4, -0.2) is 23.3 Å². The van der Waals surface area contributed by atoms with Crippen molar-refractivity contribution in [2.24, 2.45) is 11.8 Å². The predicted octanol–water partition coefficient (Wildman–Crippen LogP) is 3.96. The molecule has 0 saturated heterocycles. The molecular formula is C19H25N3O2S. The van der Waals surface area contributed by atoms with Crippen LogP contribution in [0.25, 0.3) is 10.2 Å². The number of benzene rings is 1. The second-order valence-corrected chi connectivity index (χ2v) is 7.55. The van der Waals surface area contributed by atoms with Gasteiger partial charge in [0.15, 0.2) is 0 Å². The fourth-order valence-electron chi connectivity index (χ4n) is 3.45. The Hall–Kier alpha value is -1.95. The molecule has 1 heterocycles. The number of nitrogens with zero attached hydrogens (tertiary/aromatic N) is 1. The van der Waals surface area contributed by atoms with Crippen molar-refractivity contribution in [3.63, 3.8) is 0 Å². The minimum absolute atomic E-state index is 0.0308. The molecule has 0 radical (unpaired) electrons. The number of rotatable bonds is 6. The van der Waals surface area contributed by atoms with E-state index in [0.717, 1.165) is 54.4 Å². The number of fused-ring (bicyclic) bond motifs is 1. The average Bonchev–Trinajstić information content (AvgIpc) is 3.09. The van der Waals surface area contributed by atoms with E-state index in [9.17, 15) is 9.59 Å². The molecule has 1 saturated carbocycles. The molecule has 0 aliphatic heterocycles. The Bertz CT molecular complexity index is 743. The number of unbranched alkanes of at least 4 members (excludes halogenated alkanes) is 1. The third-order valence-corrected chi connectivity index (χ3v) is 5.68. The van der Waals surface area contributed by atoms with Crippen molar-refractivity contribution in [1.82, 2.24) is 10.3 Å². The molecule has 1 aliphatic carbocycles. The summed E-state index contributed by atoms with van der Waals surface area (Å²) in [5, 5.41) is 5.99. The van der Waals surface area contributed by atoms with Crippen LogP contribution in [0.2, 0.25) is 0 Å². The van der Waals surface area contributed by atoms with Crippen LogP contribution in [0, 0.1) is 11.8 Å². The van der Waals surface area contributed by atoms with Gasteiger partial charge < -0.3 is 10.6 Å².